The summed E-state index contributed by atoms with van der Waals surface area (Å²) < 4.78 is 5.67. The number of aliphatic hydroxyl groups is 1. The van der Waals surface area contributed by atoms with Crippen molar-refractivity contribution in [1.82, 2.24) is 10.3 Å². The van der Waals surface area contributed by atoms with E-state index in [0.29, 0.717) is 31.5 Å². The Kier molecular flexibility index (Phi) is 6.83. The molecule has 0 bridgehead atoms. The van der Waals surface area contributed by atoms with E-state index in [-0.39, 0.29) is 0 Å². The molecule has 0 radical (unpaired) electrons. The van der Waals surface area contributed by atoms with E-state index in [0.717, 1.165) is 30.2 Å². The molecule has 0 spiro atoms. The van der Waals surface area contributed by atoms with Crippen LogP contribution in [0.15, 0.2) is 17.5 Å². The lowest BCUT2D eigenvalue weighted by atomic mass is 9.85. The minimum absolute atomic E-state index is 0.399. The van der Waals surface area contributed by atoms with Gasteiger partial charge in [-0.2, -0.15) is 0 Å². The molecule has 118 valence electrons. The average Bonchev–Trinajstić information content (AvgIpc) is 2.87. The van der Waals surface area contributed by atoms with E-state index < -0.39 is 6.10 Å². The van der Waals surface area contributed by atoms with Gasteiger partial charge in [0.05, 0.1) is 30.0 Å². The Morgan fingerprint density at radius 1 is 1.48 bits per heavy atom. The van der Waals surface area contributed by atoms with Crippen LogP contribution < -0.4 is 5.32 Å². The van der Waals surface area contributed by atoms with E-state index in [1.54, 1.807) is 11.3 Å². The molecule has 0 amide bonds. The maximum absolute atomic E-state index is 9.91. The van der Waals surface area contributed by atoms with Crippen LogP contribution in [0.5, 0.6) is 0 Å². The number of thiazole rings is 1. The van der Waals surface area contributed by atoms with Gasteiger partial charge in [-0.05, 0) is 31.6 Å². The van der Waals surface area contributed by atoms with Crippen molar-refractivity contribution in [1.29, 1.82) is 0 Å². The van der Waals surface area contributed by atoms with Gasteiger partial charge in [-0.3, -0.25) is 0 Å². The number of allylic oxidation sites excluding steroid dienone is 2. The van der Waals surface area contributed by atoms with Crippen molar-refractivity contribution in [2.75, 3.05) is 19.8 Å². The summed E-state index contributed by atoms with van der Waals surface area (Å²) >= 11 is 1.65. The highest BCUT2D eigenvalue weighted by Crippen LogP contribution is 2.24. The van der Waals surface area contributed by atoms with Crippen molar-refractivity contribution in [3.63, 3.8) is 0 Å². The van der Waals surface area contributed by atoms with Gasteiger partial charge in [0.15, 0.2) is 0 Å². The average molecular weight is 310 g/mol. The molecule has 2 rings (SSSR count). The van der Waals surface area contributed by atoms with E-state index >= 15 is 0 Å². The van der Waals surface area contributed by atoms with Gasteiger partial charge in [-0.1, -0.05) is 19.1 Å². The van der Waals surface area contributed by atoms with E-state index in [1.165, 1.54) is 0 Å². The molecular weight excluding hydrogens is 284 g/mol. The van der Waals surface area contributed by atoms with Crippen LogP contribution in [0.25, 0.3) is 0 Å². The van der Waals surface area contributed by atoms with Crippen molar-refractivity contribution in [3.05, 3.63) is 28.2 Å². The third-order valence-electron chi connectivity index (χ3n) is 3.91. The zero-order valence-electron chi connectivity index (χ0n) is 12.9. The van der Waals surface area contributed by atoms with Gasteiger partial charge in [-0.25, -0.2) is 4.98 Å². The lowest BCUT2D eigenvalue weighted by molar-refractivity contribution is 0.0127. The summed E-state index contributed by atoms with van der Waals surface area (Å²) in [5, 5.41) is 16.2. The highest BCUT2D eigenvalue weighted by Gasteiger charge is 2.18. The third kappa shape index (κ3) is 5.87. The van der Waals surface area contributed by atoms with Gasteiger partial charge in [0.2, 0.25) is 0 Å². The van der Waals surface area contributed by atoms with Gasteiger partial charge in [0, 0.05) is 18.5 Å². The molecule has 0 saturated carbocycles. The fourth-order valence-electron chi connectivity index (χ4n) is 2.51. The summed E-state index contributed by atoms with van der Waals surface area (Å²) in [6.07, 6.45) is 6.27. The molecule has 1 aliphatic rings. The minimum Gasteiger partial charge on any atom is -0.389 e. The van der Waals surface area contributed by atoms with Gasteiger partial charge in [0.1, 0.15) is 0 Å². The Morgan fingerprint density at radius 3 is 3.00 bits per heavy atom. The van der Waals surface area contributed by atoms with Crippen molar-refractivity contribution in [2.45, 2.75) is 39.3 Å². The number of aromatic nitrogens is 1. The number of hydrogen-bond donors (Lipinski definition) is 2. The molecule has 1 aromatic rings. The Hall–Kier alpha value is -0.750. The van der Waals surface area contributed by atoms with Crippen LogP contribution in [0.4, 0.5) is 0 Å². The number of nitrogens with zero attached hydrogens (tertiary/aromatic N) is 1. The Bertz CT molecular complexity index is 447. The smallest absolute Gasteiger partial charge is 0.0897 e. The van der Waals surface area contributed by atoms with Crippen molar-refractivity contribution < 1.29 is 9.84 Å². The van der Waals surface area contributed by atoms with Crippen molar-refractivity contribution in [3.8, 4) is 0 Å². The summed E-state index contributed by atoms with van der Waals surface area (Å²) in [4.78, 5) is 4.38. The molecule has 1 aromatic heterocycles. The molecule has 1 aliphatic carbocycles. The van der Waals surface area contributed by atoms with E-state index in [2.05, 4.69) is 29.4 Å². The predicted molar refractivity (Wildman–Crippen MR) is 86.4 cm³/mol. The fraction of sp³-hybridized carbons (Fsp3) is 0.688. The highest BCUT2D eigenvalue weighted by molar-refractivity contribution is 7.09. The van der Waals surface area contributed by atoms with Crippen LogP contribution in [0.2, 0.25) is 0 Å². The quantitative estimate of drug-likeness (QED) is 0.725. The number of aliphatic hydroxyl groups excluding tert-OH is 1. The van der Waals surface area contributed by atoms with Crippen LogP contribution in [0, 0.1) is 18.8 Å². The molecule has 0 aliphatic heterocycles. The zero-order valence-corrected chi connectivity index (χ0v) is 13.7. The molecule has 4 nitrogen and oxygen atoms in total. The molecule has 0 aromatic carbocycles. The second kappa shape index (κ2) is 8.63. The number of ether oxygens (including phenoxy) is 1. The molecule has 0 saturated heterocycles. The largest absolute Gasteiger partial charge is 0.389 e. The first-order valence-corrected chi connectivity index (χ1v) is 8.55. The first-order chi connectivity index (χ1) is 10.1. The van der Waals surface area contributed by atoms with E-state index in [1.807, 2.05) is 12.3 Å². The molecule has 21 heavy (non-hydrogen) atoms. The predicted octanol–water partition coefficient (Wildman–Crippen LogP) is 2.52. The van der Waals surface area contributed by atoms with Crippen LogP contribution in [-0.2, 0) is 11.3 Å². The standard InChI is InChI=1S/C16H26N2O2S/c1-12-5-3-4-6-14(12)9-20-10-16(19)8-17-7-15-11-21-13(2)18-15/h3-4,11-12,14,16-17,19H,5-10H2,1-2H3. The fourth-order valence-corrected chi connectivity index (χ4v) is 3.12. The molecule has 0 fully saturated rings. The number of hydrogen-bond acceptors (Lipinski definition) is 5. The van der Waals surface area contributed by atoms with Gasteiger partial charge in [0.25, 0.3) is 0 Å². The first-order valence-electron chi connectivity index (χ1n) is 7.67. The second-order valence-corrected chi connectivity index (χ2v) is 6.92. The molecule has 3 unspecified atom stereocenters. The summed E-state index contributed by atoms with van der Waals surface area (Å²) in [5.41, 5.74) is 1.04. The van der Waals surface area contributed by atoms with Gasteiger partial charge < -0.3 is 15.2 Å². The van der Waals surface area contributed by atoms with Crippen LogP contribution in [0.1, 0.15) is 30.5 Å². The zero-order chi connectivity index (χ0) is 15.1. The van der Waals surface area contributed by atoms with Gasteiger partial charge >= 0.3 is 0 Å². The Morgan fingerprint density at radius 2 is 2.29 bits per heavy atom. The van der Waals surface area contributed by atoms with Gasteiger partial charge in [-0.15, -0.1) is 11.3 Å². The molecule has 2 N–H and O–H groups in total. The second-order valence-electron chi connectivity index (χ2n) is 5.86. The maximum atomic E-state index is 9.91. The van der Waals surface area contributed by atoms with Crippen LogP contribution >= 0.6 is 11.3 Å². The molecule has 3 atom stereocenters. The normalized spacial score (nSPS) is 23.4. The summed E-state index contributed by atoms with van der Waals surface area (Å²) in [6, 6.07) is 0. The van der Waals surface area contributed by atoms with Crippen molar-refractivity contribution >= 4 is 11.3 Å². The summed E-state index contributed by atoms with van der Waals surface area (Å²) in [5.74, 6) is 1.27. The maximum Gasteiger partial charge on any atom is 0.0897 e. The van der Waals surface area contributed by atoms with Crippen molar-refractivity contribution in [2.24, 2.45) is 11.8 Å². The van der Waals surface area contributed by atoms with E-state index in [9.17, 15) is 5.11 Å². The monoisotopic (exact) mass is 310 g/mol. The lowest BCUT2D eigenvalue weighted by Gasteiger charge is -2.25. The topological polar surface area (TPSA) is 54.4 Å². The van der Waals surface area contributed by atoms with Crippen LogP contribution in [-0.4, -0.2) is 36.0 Å². The first kappa shape index (κ1) is 16.6. The molecule has 1 heterocycles. The number of nitrogens with one attached hydrogen (secondary N) is 1. The lowest BCUT2D eigenvalue weighted by Crippen LogP contribution is -2.31. The third-order valence-corrected chi connectivity index (χ3v) is 4.74. The number of rotatable bonds is 8. The summed E-state index contributed by atoms with van der Waals surface area (Å²) in [6.45, 7) is 6.65. The SMILES string of the molecule is Cc1nc(CNCC(O)COCC2CC=CCC2C)cs1. The Labute approximate surface area is 131 Å². The van der Waals surface area contributed by atoms with E-state index in [4.69, 9.17) is 4.74 Å². The number of aryl methyl sites for hydroxylation is 1. The van der Waals surface area contributed by atoms with Crippen LogP contribution in [0.3, 0.4) is 0 Å². The summed E-state index contributed by atoms with van der Waals surface area (Å²) in [7, 11) is 0. The Balaban J connectivity index is 1.55. The molecule has 5 heteroatoms. The minimum atomic E-state index is -0.459. The molecular formula is C16H26N2O2S. The highest BCUT2D eigenvalue weighted by atomic mass is 32.1.